The van der Waals surface area contributed by atoms with Crippen molar-refractivity contribution in [2.24, 2.45) is 0 Å². The molecule has 0 bridgehead atoms. The van der Waals surface area contributed by atoms with Crippen molar-refractivity contribution in [3.8, 4) is 0 Å². The van der Waals surface area contributed by atoms with Crippen LogP contribution in [0.4, 0.5) is 10.1 Å². The minimum Gasteiger partial charge on any atom is -0.368 e. The number of piperazine rings is 1. The maximum Gasteiger partial charge on any atom is 0.296 e. The van der Waals surface area contributed by atoms with Gasteiger partial charge in [0.1, 0.15) is 16.4 Å². The molecule has 2 aromatic carbocycles. The molecule has 0 radical (unpaired) electrons. The fraction of sp³-hybridized carbons (Fsp3) is 0.250. The van der Waals surface area contributed by atoms with Gasteiger partial charge in [-0.15, -0.1) is 0 Å². The van der Waals surface area contributed by atoms with Crippen molar-refractivity contribution in [1.82, 2.24) is 19.5 Å². The predicted molar refractivity (Wildman–Crippen MR) is 133 cm³/mol. The molecule has 10 heteroatoms. The Morgan fingerprint density at radius 1 is 1.06 bits per heavy atom. The third-order valence-electron chi connectivity index (χ3n) is 5.92. The molecule has 34 heavy (non-hydrogen) atoms. The molecule has 1 saturated heterocycles. The fourth-order valence-corrected chi connectivity index (χ4v) is 5.31. The number of thiazole rings is 1. The van der Waals surface area contributed by atoms with Gasteiger partial charge in [0.15, 0.2) is 0 Å². The standard InChI is InChI=1S/C24H21BrFN5O2S/c1-15-21(23(33)30-12-10-29(11-13-30)19-8-4-17(25)5-9-19)34-24-27-22(32)20(28-31(15)24)14-16-2-6-18(26)7-3-16/h2-9H,10-14H2,1H3. The third kappa shape index (κ3) is 4.47. The second kappa shape index (κ2) is 9.27. The summed E-state index contributed by atoms with van der Waals surface area (Å²) >= 11 is 4.64. The zero-order valence-electron chi connectivity index (χ0n) is 18.4. The number of anilines is 1. The van der Waals surface area contributed by atoms with Crippen molar-refractivity contribution in [2.45, 2.75) is 13.3 Å². The van der Waals surface area contributed by atoms with Gasteiger partial charge in [-0.1, -0.05) is 39.4 Å². The summed E-state index contributed by atoms with van der Waals surface area (Å²) in [4.78, 5) is 35.0. The number of hydrogen-bond acceptors (Lipinski definition) is 6. The van der Waals surface area contributed by atoms with Gasteiger partial charge < -0.3 is 9.80 Å². The van der Waals surface area contributed by atoms with Crippen LogP contribution in [0.25, 0.3) is 4.96 Å². The highest BCUT2D eigenvalue weighted by Crippen LogP contribution is 2.24. The monoisotopic (exact) mass is 541 g/mol. The molecule has 1 fully saturated rings. The number of aryl methyl sites for hydroxylation is 1. The number of nitrogens with zero attached hydrogens (tertiary/aromatic N) is 5. The number of amides is 1. The lowest BCUT2D eigenvalue weighted by Crippen LogP contribution is -2.48. The van der Waals surface area contributed by atoms with Crippen LogP contribution in [-0.2, 0) is 6.42 Å². The molecule has 2 aromatic heterocycles. The molecule has 5 rings (SSSR count). The van der Waals surface area contributed by atoms with Gasteiger partial charge in [-0.05, 0) is 48.9 Å². The highest BCUT2D eigenvalue weighted by Gasteiger charge is 2.26. The van der Waals surface area contributed by atoms with Crippen LogP contribution in [0.5, 0.6) is 0 Å². The normalized spacial score (nSPS) is 14.1. The number of halogens is 2. The molecule has 4 aromatic rings. The largest absolute Gasteiger partial charge is 0.368 e. The zero-order chi connectivity index (χ0) is 23.8. The Hall–Kier alpha value is -3.11. The van der Waals surface area contributed by atoms with Crippen LogP contribution in [0.2, 0.25) is 0 Å². The number of benzene rings is 2. The summed E-state index contributed by atoms with van der Waals surface area (Å²) in [6, 6.07) is 14.1. The number of carbonyl (C=O) groups is 1. The van der Waals surface area contributed by atoms with Gasteiger partial charge in [-0.3, -0.25) is 9.59 Å². The minimum atomic E-state index is -0.437. The van der Waals surface area contributed by atoms with Gasteiger partial charge in [-0.2, -0.15) is 10.1 Å². The lowest BCUT2D eigenvalue weighted by atomic mass is 10.1. The zero-order valence-corrected chi connectivity index (χ0v) is 20.8. The van der Waals surface area contributed by atoms with E-state index in [-0.39, 0.29) is 23.8 Å². The van der Waals surface area contributed by atoms with Crippen LogP contribution in [0.3, 0.4) is 0 Å². The van der Waals surface area contributed by atoms with Crippen molar-refractivity contribution in [3.05, 3.63) is 91.0 Å². The number of hydrogen-bond donors (Lipinski definition) is 0. The van der Waals surface area contributed by atoms with Crippen LogP contribution in [0.15, 0.2) is 57.8 Å². The Bertz CT molecular complexity index is 1410. The van der Waals surface area contributed by atoms with Crippen molar-refractivity contribution in [2.75, 3.05) is 31.1 Å². The van der Waals surface area contributed by atoms with E-state index >= 15 is 0 Å². The number of carbonyl (C=O) groups excluding carboxylic acids is 1. The lowest BCUT2D eigenvalue weighted by molar-refractivity contribution is 0.0750. The highest BCUT2D eigenvalue weighted by atomic mass is 79.9. The molecule has 1 amide bonds. The van der Waals surface area contributed by atoms with Crippen molar-refractivity contribution in [3.63, 3.8) is 0 Å². The van der Waals surface area contributed by atoms with E-state index in [9.17, 15) is 14.0 Å². The fourth-order valence-electron chi connectivity index (χ4n) is 4.02. The Kier molecular flexibility index (Phi) is 6.18. The first-order valence-electron chi connectivity index (χ1n) is 10.8. The van der Waals surface area contributed by atoms with E-state index in [1.54, 1.807) is 16.6 Å². The van der Waals surface area contributed by atoms with E-state index in [0.717, 1.165) is 28.8 Å². The highest BCUT2D eigenvalue weighted by molar-refractivity contribution is 9.10. The van der Waals surface area contributed by atoms with Crippen LogP contribution >= 0.6 is 27.3 Å². The maximum atomic E-state index is 13.3. The van der Waals surface area contributed by atoms with E-state index in [1.807, 2.05) is 24.0 Å². The second-order valence-corrected chi connectivity index (χ2v) is 10.0. The number of rotatable bonds is 4. The van der Waals surface area contributed by atoms with Gasteiger partial charge in [0, 0.05) is 42.8 Å². The minimum absolute atomic E-state index is 0.0715. The van der Waals surface area contributed by atoms with Gasteiger partial charge in [0.25, 0.3) is 11.5 Å². The topological polar surface area (TPSA) is 70.8 Å². The van der Waals surface area contributed by atoms with E-state index < -0.39 is 5.56 Å². The average Bonchev–Trinajstić information content (AvgIpc) is 3.16. The molecule has 1 aliphatic rings. The van der Waals surface area contributed by atoms with Gasteiger partial charge in [0.05, 0.1) is 5.69 Å². The summed E-state index contributed by atoms with van der Waals surface area (Å²) in [6.45, 7) is 4.52. The van der Waals surface area contributed by atoms with Crippen LogP contribution in [0.1, 0.15) is 26.6 Å². The number of aromatic nitrogens is 3. The Balaban J connectivity index is 1.35. The van der Waals surface area contributed by atoms with E-state index in [2.05, 4.69) is 43.0 Å². The van der Waals surface area contributed by atoms with Crippen molar-refractivity contribution in [1.29, 1.82) is 0 Å². The first-order chi connectivity index (χ1) is 16.4. The summed E-state index contributed by atoms with van der Waals surface area (Å²) in [6.07, 6.45) is 0.242. The summed E-state index contributed by atoms with van der Waals surface area (Å²) in [5.74, 6) is -0.408. The average molecular weight is 542 g/mol. The van der Waals surface area contributed by atoms with Gasteiger partial charge in [-0.25, -0.2) is 8.91 Å². The summed E-state index contributed by atoms with van der Waals surface area (Å²) in [5, 5.41) is 4.47. The Labute approximate surface area is 207 Å². The molecule has 1 aliphatic heterocycles. The van der Waals surface area contributed by atoms with Crippen LogP contribution in [-0.4, -0.2) is 51.6 Å². The molecule has 0 atom stereocenters. The van der Waals surface area contributed by atoms with Crippen molar-refractivity contribution < 1.29 is 9.18 Å². The summed E-state index contributed by atoms with van der Waals surface area (Å²) in [7, 11) is 0. The quantitative estimate of drug-likeness (QED) is 0.391. The number of fused-ring (bicyclic) bond motifs is 1. The molecule has 174 valence electrons. The predicted octanol–water partition coefficient (Wildman–Crippen LogP) is 3.91. The molecule has 0 aliphatic carbocycles. The molecule has 3 heterocycles. The molecule has 7 nitrogen and oxygen atoms in total. The molecule has 0 spiro atoms. The molecule has 0 unspecified atom stereocenters. The van der Waals surface area contributed by atoms with E-state index in [0.29, 0.717) is 28.6 Å². The van der Waals surface area contributed by atoms with Crippen molar-refractivity contribution >= 4 is 43.8 Å². The van der Waals surface area contributed by atoms with Gasteiger partial charge >= 0.3 is 0 Å². The Morgan fingerprint density at radius 3 is 2.41 bits per heavy atom. The second-order valence-electron chi connectivity index (χ2n) is 8.13. The third-order valence-corrected chi connectivity index (χ3v) is 7.57. The summed E-state index contributed by atoms with van der Waals surface area (Å²) < 4.78 is 15.8. The van der Waals surface area contributed by atoms with E-state index in [4.69, 9.17) is 0 Å². The maximum absolute atomic E-state index is 13.3. The van der Waals surface area contributed by atoms with Gasteiger partial charge in [0.2, 0.25) is 4.96 Å². The molecular weight excluding hydrogens is 521 g/mol. The van der Waals surface area contributed by atoms with Crippen LogP contribution in [0, 0.1) is 12.7 Å². The molecule has 0 N–H and O–H groups in total. The SMILES string of the molecule is Cc1c(C(=O)N2CCN(c3ccc(Br)cc3)CC2)sc2nc(=O)c(Cc3ccc(F)cc3)nn12. The molecular formula is C24H21BrFN5O2S. The van der Waals surface area contributed by atoms with Crippen LogP contribution < -0.4 is 10.5 Å². The smallest absolute Gasteiger partial charge is 0.296 e. The Morgan fingerprint density at radius 2 is 1.74 bits per heavy atom. The first kappa shape index (κ1) is 22.7. The molecule has 0 saturated carbocycles. The first-order valence-corrected chi connectivity index (χ1v) is 12.4. The summed E-state index contributed by atoms with van der Waals surface area (Å²) in [5.41, 5.74) is 2.38. The van der Waals surface area contributed by atoms with E-state index in [1.165, 1.54) is 23.5 Å². The lowest BCUT2D eigenvalue weighted by Gasteiger charge is -2.36.